The molecule has 2 aliphatic rings. The van der Waals surface area contributed by atoms with Crippen molar-refractivity contribution in [2.24, 2.45) is 0 Å². The highest BCUT2D eigenvalue weighted by atomic mass is 16.6. The fraction of sp³-hybridized carbons (Fsp3) is 0.333. The highest BCUT2D eigenvalue weighted by molar-refractivity contribution is 5.90. The van der Waals surface area contributed by atoms with Crippen LogP contribution < -0.4 is 15.0 Å². The number of benzene rings is 2. The smallest absolute Gasteiger partial charge is 0.410 e. The number of pyridine rings is 1. The highest BCUT2D eigenvalue weighted by Gasteiger charge is 2.27. The number of hydrogen-bond donors (Lipinski definition) is 1. The summed E-state index contributed by atoms with van der Waals surface area (Å²) in [4.78, 5) is 19.3. The summed E-state index contributed by atoms with van der Waals surface area (Å²) < 4.78 is 5.54. The third-order valence-electron chi connectivity index (χ3n) is 6.05. The molecule has 2 aromatic carbocycles. The Morgan fingerprint density at radius 3 is 2.83 bits per heavy atom. The molecule has 5 heteroatoms. The van der Waals surface area contributed by atoms with Gasteiger partial charge < -0.3 is 9.64 Å². The summed E-state index contributed by atoms with van der Waals surface area (Å²) in [7, 11) is 0. The Labute approximate surface area is 170 Å². The second kappa shape index (κ2) is 7.74. The van der Waals surface area contributed by atoms with E-state index in [0.717, 1.165) is 23.9 Å². The molecule has 1 fully saturated rings. The van der Waals surface area contributed by atoms with Gasteiger partial charge in [-0.25, -0.2) is 4.79 Å². The molecule has 0 spiro atoms. The van der Waals surface area contributed by atoms with Crippen LogP contribution in [0.1, 0.15) is 37.7 Å². The summed E-state index contributed by atoms with van der Waals surface area (Å²) >= 11 is 0. The molecule has 148 valence electrons. The fourth-order valence-electron chi connectivity index (χ4n) is 4.63. The molecule has 3 aromatic rings. The normalized spacial score (nSPS) is 16.6. The van der Waals surface area contributed by atoms with Crippen molar-refractivity contribution in [3.05, 3.63) is 60.3 Å². The number of ether oxygens (including phenoxy) is 1. The van der Waals surface area contributed by atoms with E-state index in [1.807, 2.05) is 42.5 Å². The lowest BCUT2D eigenvalue weighted by Crippen LogP contribution is -2.35. The maximum atomic E-state index is 12.4. The van der Waals surface area contributed by atoms with Gasteiger partial charge in [-0.3, -0.25) is 10.3 Å². The molecular formula is C24H25N3O2. The monoisotopic (exact) mass is 387 g/mol. The van der Waals surface area contributed by atoms with Crippen molar-refractivity contribution in [2.45, 2.75) is 44.6 Å². The van der Waals surface area contributed by atoms with E-state index >= 15 is 0 Å². The van der Waals surface area contributed by atoms with E-state index in [1.54, 1.807) is 6.20 Å². The van der Waals surface area contributed by atoms with Crippen LogP contribution in [-0.2, 0) is 6.42 Å². The van der Waals surface area contributed by atoms with Crippen molar-refractivity contribution in [3.63, 3.8) is 0 Å². The summed E-state index contributed by atoms with van der Waals surface area (Å²) in [5, 5.41) is 3.75. The first-order valence-corrected chi connectivity index (χ1v) is 10.5. The van der Waals surface area contributed by atoms with Crippen LogP contribution in [0.15, 0.2) is 54.7 Å². The van der Waals surface area contributed by atoms with Gasteiger partial charge in [0.1, 0.15) is 5.75 Å². The lowest BCUT2D eigenvalue weighted by molar-refractivity contribution is 0.215. The molecule has 0 radical (unpaired) electrons. The summed E-state index contributed by atoms with van der Waals surface area (Å²) in [6, 6.07) is 16.4. The van der Waals surface area contributed by atoms with E-state index in [1.165, 1.54) is 43.4 Å². The SMILES string of the molecule is O=C(Nc1cnc2ccccc2c1)Oc1ccc2c(c1)CCN2C1CCCCC1. The third kappa shape index (κ3) is 3.77. The van der Waals surface area contributed by atoms with Gasteiger partial charge in [0.2, 0.25) is 0 Å². The second-order valence-electron chi connectivity index (χ2n) is 7.96. The Balaban J connectivity index is 1.26. The Morgan fingerprint density at radius 2 is 1.93 bits per heavy atom. The maximum absolute atomic E-state index is 12.4. The van der Waals surface area contributed by atoms with Crippen molar-refractivity contribution in [2.75, 3.05) is 16.8 Å². The quantitative estimate of drug-likeness (QED) is 0.641. The number of rotatable bonds is 3. The van der Waals surface area contributed by atoms with Crippen LogP contribution in [-0.4, -0.2) is 23.7 Å². The number of carbonyl (C=O) groups excluding carboxylic acids is 1. The van der Waals surface area contributed by atoms with Gasteiger partial charge in [-0.15, -0.1) is 0 Å². The number of nitrogens with zero attached hydrogens (tertiary/aromatic N) is 2. The van der Waals surface area contributed by atoms with E-state index in [-0.39, 0.29) is 0 Å². The van der Waals surface area contributed by atoms with E-state index in [2.05, 4.69) is 21.3 Å². The second-order valence-corrected chi connectivity index (χ2v) is 7.96. The van der Waals surface area contributed by atoms with E-state index in [4.69, 9.17) is 4.74 Å². The largest absolute Gasteiger partial charge is 0.417 e. The third-order valence-corrected chi connectivity index (χ3v) is 6.05. The van der Waals surface area contributed by atoms with Gasteiger partial charge in [-0.2, -0.15) is 0 Å². The van der Waals surface area contributed by atoms with Crippen LogP contribution in [0.4, 0.5) is 16.2 Å². The first kappa shape index (κ1) is 18.0. The molecule has 1 aromatic heterocycles. The number of carbonyl (C=O) groups is 1. The van der Waals surface area contributed by atoms with Crippen LogP contribution in [0.5, 0.6) is 5.75 Å². The lowest BCUT2D eigenvalue weighted by atomic mass is 9.94. The molecule has 5 rings (SSSR count). The molecule has 0 atom stereocenters. The number of anilines is 2. The molecule has 5 nitrogen and oxygen atoms in total. The minimum Gasteiger partial charge on any atom is -0.410 e. The van der Waals surface area contributed by atoms with Crippen molar-refractivity contribution < 1.29 is 9.53 Å². The first-order chi connectivity index (χ1) is 14.3. The van der Waals surface area contributed by atoms with Gasteiger partial charge >= 0.3 is 6.09 Å². The van der Waals surface area contributed by atoms with Crippen molar-refractivity contribution >= 4 is 28.4 Å². The number of hydrogen-bond acceptors (Lipinski definition) is 4. The predicted octanol–water partition coefficient (Wildman–Crippen LogP) is 5.54. The van der Waals surface area contributed by atoms with Crippen LogP contribution in [0.2, 0.25) is 0 Å². The fourth-order valence-corrected chi connectivity index (χ4v) is 4.63. The molecular weight excluding hydrogens is 362 g/mol. The zero-order valence-corrected chi connectivity index (χ0v) is 16.4. The lowest BCUT2D eigenvalue weighted by Gasteiger charge is -2.33. The average Bonchev–Trinajstić information content (AvgIpc) is 3.17. The number of aromatic nitrogens is 1. The van der Waals surface area contributed by atoms with E-state index in [0.29, 0.717) is 17.5 Å². The van der Waals surface area contributed by atoms with Crippen LogP contribution >= 0.6 is 0 Å². The molecule has 2 heterocycles. The molecule has 0 unspecified atom stereocenters. The number of fused-ring (bicyclic) bond motifs is 2. The summed E-state index contributed by atoms with van der Waals surface area (Å²) in [5.74, 6) is 0.584. The highest BCUT2D eigenvalue weighted by Crippen LogP contribution is 2.36. The standard InChI is InChI=1S/C24H25N3O2/c28-24(26-19-14-17-6-4-5-9-22(17)25-16-19)29-21-10-11-23-18(15-21)12-13-27(23)20-7-2-1-3-8-20/h4-6,9-11,14-16,20H,1-3,7-8,12-13H2,(H,26,28). The van der Waals surface area contributed by atoms with E-state index < -0.39 is 6.09 Å². The minimum absolute atomic E-state index is 0.496. The molecule has 0 saturated heterocycles. The molecule has 0 bridgehead atoms. The molecule has 29 heavy (non-hydrogen) atoms. The first-order valence-electron chi connectivity index (χ1n) is 10.5. The van der Waals surface area contributed by atoms with Crippen molar-refractivity contribution in [1.82, 2.24) is 4.98 Å². The Morgan fingerprint density at radius 1 is 1.07 bits per heavy atom. The Bertz CT molecular complexity index is 1040. The topological polar surface area (TPSA) is 54.5 Å². The summed E-state index contributed by atoms with van der Waals surface area (Å²) in [6.45, 7) is 1.07. The zero-order chi connectivity index (χ0) is 19.6. The maximum Gasteiger partial charge on any atom is 0.417 e. The van der Waals surface area contributed by atoms with Gasteiger partial charge in [0.15, 0.2) is 0 Å². The minimum atomic E-state index is -0.496. The van der Waals surface area contributed by atoms with Crippen molar-refractivity contribution in [3.8, 4) is 5.75 Å². The number of para-hydroxylation sites is 1. The zero-order valence-electron chi connectivity index (χ0n) is 16.4. The number of nitrogens with one attached hydrogen (secondary N) is 1. The molecule has 1 N–H and O–H groups in total. The van der Waals surface area contributed by atoms with E-state index in [9.17, 15) is 4.79 Å². The Kier molecular flexibility index (Phi) is 4.80. The van der Waals surface area contributed by atoms with Gasteiger partial charge in [0, 0.05) is 23.7 Å². The molecule has 1 amide bonds. The van der Waals surface area contributed by atoms with Crippen LogP contribution in [0.3, 0.4) is 0 Å². The van der Waals surface area contributed by atoms with Gasteiger partial charge in [0.25, 0.3) is 0 Å². The van der Waals surface area contributed by atoms with Crippen molar-refractivity contribution in [1.29, 1.82) is 0 Å². The molecule has 1 saturated carbocycles. The molecule has 1 aliphatic heterocycles. The van der Waals surface area contributed by atoms with Gasteiger partial charge in [0.05, 0.1) is 17.4 Å². The molecule has 1 aliphatic carbocycles. The number of amides is 1. The summed E-state index contributed by atoms with van der Waals surface area (Å²) in [5.41, 5.74) is 4.10. The summed E-state index contributed by atoms with van der Waals surface area (Å²) in [6.07, 6.45) is 8.78. The van der Waals surface area contributed by atoms with Crippen LogP contribution in [0.25, 0.3) is 10.9 Å². The van der Waals surface area contributed by atoms with Gasteiger partial charge in [-0.1, -0.05) is 37.5 Å². The van der Waals surface area contributed by atoms with Gasteiger partial charge in [-0.05, 0) is 55.2 Å². The average molecular weight is 387 g/mol. The predicted molar refractivity (Wildman–Crippen MR) is 116 cm³/mol. The Hall–Kier alpha value is -3.08. The van der Waals surface area contributed by atoms with Crippen LogP contribution in [0, 0.1) is 0 Å².